The van der Waals surface area contributed by atoms with Gasteiger partial charge in [0, 0.05) is 25.0 Å². The molecule has 21 heavy (non-hydrogen) atoms. The van der Waals surface area contributed by atoms with Crippen LogP contribution in [-0.2, 0) is 0 Å². The van der Waals surface area contributed by atoms with Crippen molar-refractivity contribution in [3.8, 4) is 0 Å². The Bertz CT molecular complexity index is 477. The molecular weight excluding hydrogens is 269 g/mol. The second-order valence-corrected chi connectivity index (χ2v) is 6.12. The van der Waals surface area contributed by atoms with E-state index in [0.29, 0.717) is 18.3 Å². The minimum absolute atomic E-state index is 0.0222. The smallest absolute Gasteiger partial charge is 0.185 e. The minimum atomic E-state index is -0.415. The lowest BCUT2D eigenvalue weighted by molar-refractivity contribution is 0.0834. The molecule has 116 valence electrons. The highest BCUT2D eigenvalue weighted by molar-refractivity contribution is 5.95. The van der Waals surface area contributed by atoms with E-state index in [0.717, 1.165) is 19.3 Å². The number of likely N-dealkylation sites (tertiary alicyclic amines) is 1. The molecule has 2 heterocycles. The van der Waals surface area contributed by atoms with E-state index in [2.05, 4.69) is 28.9 Å². The van der Waals surface area contributed by atoms with Crippen LogP contribution in [-0.4, -0.2) is 60.3 Å². The molecular formula is C16H24FN3O. The summed E-state index contributed by atoms with van der Waals surface area (Å²) in [5, 5.41) is 0. The van der Waals surface area contributed by atoms with Gasteiger partial charge in [0.05, 0.1) is 6.20 Å². The second kappa shape index (κ2) is 7.09. The second-order valence-electron chi connectivity index (χ2n) is 6.12. The number of nitrogens with zero attached hydrogens (tertiary/aromatic N) is 3. The van der Waals surface area contributed by atoms with Gasteiger partial charge in [0.1, 0.15) is 11.5 Å². The minimum Gasteiger partial charge on any atom is -0.305 e. The van der Waals surface area contributed by atoms with Crippen molar-refractivity contribution in [2.24, 2.45) is 5.92 Å². The summed E-state index contributed by atoms with van der Waals surface area (Å²) in [6.45, 7) is 4.82. The van der Waals surface area contributed by atoms with Crippen LogP contribution in [0.15, 0.2) is 18.3 Å². The van der Waals surface area contributed by atoms with Crippen molar-refractivity contribution < 1.29 is 9.18 Å². The molecule has 5 heteroatoms. The van der Waals surface area contributed by atoms with Gasteiger partial charge in [-0.3, -0.25) is 9.78 Å². The fourth-order valence-electron chi connectivity index (χ4n) is 2.94. The van der Waals surface area contributed by atoms with E-state index in [1.54, 1.807) is 0 Å². The van der Waals surface area contributed by atoms with E-state index >= 15 is 0 Å². The van der Waals surface area contributed by atoms with Crippen molar-refractivity contribution in [1.29, 1.82) is 0 Å². The fourth-order valence-corrected chi connectivity index (χ4v) is 2.94. The molecule has 0 saturated carbocycles. The summed E-state index contributed by atoms with van der Waals surface area (Å²) in [5.74, 6) is -0.576. The summed E-state index contributed by atoms with van der Waals surface area (Å²) in [6, 6.07) is 3.25. The number of carbonyl (C=O) groups excluding carboxylic acids is 1. The molecule has 0 bridgehead atoms. The first-order valence-corrected chi connectivity index (χ1v) is 7.52. The van der Waals surface area contributed by atoms with Gasteiger partial charge in [0.15, 0.2) is 5.78 Å². The van der Waals surface area contributed by atoms with Crippen LogP contribution in [0.3, 0.4) is 0 Å². The molecule has 1 aliphatic heterocycles. The molecule has 0 radical (unpaired) electrons. The summed E-state index contributed by atoms with van der Waals surface area (Å²) >= 11 is 0. The van der Waals surface area contributed by atoms with Crippen molar-refractivity contribution in [2.75, 3.05) is 33.7 Å². The largest absolute Gasteiger partial charge is 0.305 e. The number of aromatic nitrogens is 1. The highest BCUT2D eigenvalue weighted by atomic mass is 19.1. The van der Waals surface area contributed by atoms with Crippen LogP contribution >= 0.6 is 0 Å². The van der Waals surface area contributed by atoms with E-state index in [4.69, 9.17) is 0 Å². The number of likely N-dealkylation sites (N-methyl/N-ethyl adjacent to an activating group) is 2. The highest BCUT2D eigenvalue weighted by Gasteiger charge is 2.25. The molecule has 1 aromatic rings. The SMILES string of the molecule is CC(CN(C)C1CCCN(C)C1)C(=O)c1ccc(F)cn1. The van der Waals surface area contributed by atoms with Crippen molar-refractivity contribution >= 4 is 5.78 Å². The number of hydrogen-bond donors (Lipinski definition) is 0. The Morgan fingerprint density at radius 1 is 1.57 bits per heavy atom. The van der Waals surface area contributed by atoms with Crippen molar-refractivity contribution in [2.45, 2.75) is 25.8 Å². The molecule has 2 unspecified atom stereocenters. The van der Waals surface area contributed by atoms with Crippen molar-refractivity contribution in [3.63, 3.8) is 0 Å². The molecule has 0 N–H and O–H groups in total. The van der Waals surface area contributed by atoms with E-state index in [9.17, 15) is 9.18 Å². The van der Waals surface area contributed by atoms with Gasteiger partial charge in [-0.15, -0.1) is 0 Å². The topological polar surface area (TPSA) is 36.4 Å². The lowest BCUT2D eigenvalue weighted by Gasteiger charge is -2.36. The number of piperidine rings is 1. The van der Waals surface area contributed by atoms with Gasteiger partial charge in [-0.1, -0.05) is 6.92 Å². The van der Waals surface area contributed by atoms with Crippen molar-refractivity contribution in [1.82, 2.24) is 14.8 Å². The predicted molar refractivity (Wildman–Crippen MR) is 80.8 cm³/mol. The maximum Gasteiger partial charge on any atom is 0.185 e. The Labute approximate surface area is 126 Å². The van der Waals surface area contributed by atoms with Crippen LogP contribution in [0.5, 0.6) is 0 Å². The van der Waals surface area contributed by atoms with Crippen LogP contribution in [0.25, 0.3) is 0 Å². The molecule has 0 amide bonds. The highest BCUT2D eigenvalue weighted by Crippen LogP contribution is 2.16. The van der Waals surface area contributed by atoms with Crippen LogP contribution in [0.2, 0.25) is 0 Å². The first-order valence-electron chi connectivity index (χ1n) is 7.52. The summed E-state index contributed by atoms with van der Waals surface area (Å²) in [6.07, 6.45) is 3.48. The summed E-state index contributed by atoms with van der Waals surface area (Å²) in [4.78, 5) is 20.8. The number of ketones is 1. The van der Waals surface area contributed by atoms with Crippen LogP contribution in [0, 0.1) is 11.7 Å². The number of carbonyl (C=O) groups is 1. The van der Waals surface area contributed by atoms with Gasteiger partial charge in [-0.2, -0.15) is 0 Å². The number of hydrogen-bond acceptors (Lipinski definition) is 4. The molecule has 0 aliphatic carbocycles. The van der Waals surface area contributed by atoms with E-state index < -0.39 is 5.82 Å². The molecule has 0 aromatic carbocycles. The average Bonchev–Trinajstić information content (AvgIpc) is 2.47. The Kier molecular flexibility index (Phi) is 5.42. The summed E-state index contributed by atoms with van der Waals surface area (Å²) < 4.78 is 12.9. The Morgan fingerprint density at radius 3 is 2.95 bits per heavy atom. The Hall–Kier alpha value is -1.33. The first kappa shape index (κ1) is 16.0. The molecule has 4 nitrogen and oxygen atoms in total. The van der Waals surface area contributed by atoms with Crippen LogP contribution in [0.1, 0.15) is 30.3 Å². The number of Topliss-reactive ketones (excluding diaryl/α,β-unsaturated/α-hetero) is 1. The molecule has 2 atom stereocenters. The zero-order valence-corrected chi connectivity index (χ0v) is 13.1. The van der Waals surface area contributed by atoms with Gasteiger partial charge < -0.3 is 9.80 Å². The lowest BCUT2D eigenvalue weighted by atomic mass is 9.99. The number of pyridine rings is 1. The molecule has 1 aromatic heterocycles. The fraction of sp³-hybridized carbons (Fsp3) is 0.625. The molecule has 2 rings (SSSR count). The maximum atomic E-state index is 12.9. The van der Waals surface area contributed by atoms with Crippen LogP contribution in [0.4, 0.5) is 4.39 Å². The third-order valence-corrected chi connectivity index (χ3v) is 4.21. The van der Waals surface area contributed by atoms with Gasteiger partial charge in [0.2, 0.25) is 0 Å². The third-order valence-electron chi connectivity index (χ3n) is 4.21. The molecule has 1 fully saturated rings. The lowest BCUT2D eigenvalue weighted by Crippen LogP contribution is -2.46. The molecule has 1 saturated heterocycles. The molecule has 0 spiro atoms. The van der Waals surface area contributed by atoms with Gasteiger partial charge in [-0.05, 0) is 45.6 Å². The van der Waals surface area contributed by atoms with Crippen molar-refractivity contribution in [3.05, 3.63) is 29.8 Å². The summed E-state index contributed by atoms with van der Waals surface area (Å²) in [7, 11) is 4.21. The van der Waals surface area contributed by atoms with E-state index in [1.807, 2.05) is 6.92 Å². The van der Waals surface area contributed by atoms with Gasteiger partial charge >= 0.3 is 0 Å². The number of halogens is 1. The predicted octanol–water partition coefficient (Wildman–Crippen LogP) is 2.07. The third kappa shape index (κ3) is 4.32. The Morgan fingerprint density at radius 2 is 2.33 bits per heavy atom. The summed E-state index contributed by atoms with van der Waals surface area (Å²) in [5.41, 5.74) is 0.345. The molecule has 1 aliphatic rings. The Balaban J connectivity index is 1.92. The average molecular weight is 293 g/mol. The monoisotopic (exact) mass is 293 g/mol. The quantitative estimate of drug-likeness (QED) is 0.779. The van der Waals surface area contributed by atoms with Gasteiger partial charge in [0.25, 0.3) is 0 Å². The van der Waals surface area contributed by atoms with Gasteiger partial charge in [-0.25, -0.2) is 4.39 Å². The standard InChI is InChI=1S/C16H24FN3O/c1-12(16(21)15-7-6-13(17)9-18-15)10-20(3)14-5-4-8-19(2)11-14/h6-7,9,12,14H,4-5,8,10-11H2,1-3H3. The zero-order valence-electron chi connectivity index (χ0n) is 13.1. The van der Waals surface area contributed by atoms with E-state index in [-0.39, 0.29) is 11.7 Å². The number of rotatable bonds is 5. The maximum absolute atomic E-state index is 12.9. The van der Waals surface area contributed by atoms with Crippen LogP contribution < -0.4 is 0 Å². The first-order chi connectivity index (χ1) is 9.97. The zero-order chi connectivity index (χ0) is 15.4. The van der Waals surface area contributed by atoms with E-state index in [1.165, 1.54) is 25.0 Å². The normalized spacial score (nSPS) is 21.5.